The number of rotatable bonds is 5. The third-order valence-electron chi connectivity index (χ3n) is 4.05. The van der Waals surface area contributed by atoms with Gasteiger partial charge < -0.3 is 5.32 Å². The minimum atomic E-state index is -4.25. The third-order valence-corrected chi connectivity index (χ3v) is 4.05. The van der Waals surface area contributed by atoms with E-state index in [2.05, 4.69) is 17.1 Å². The van der Waals surface area contributed by atoms with E-state index in [-0.39, 0.29) is 0 Å². The van der Waals surface area contributed by atoms with Gasteiger partial charge in [-0.05, 0) is 43.6 Å². The SMILES string of the molecule is CCNCC1CCCCN1Cc1ccc(C(F)(F)F)cc1. The molecule has 0 aromatic heterocycles. The molecule has 0 spiro atoms. The van der Waals surface area contributed by atoms with E-state index in [0.29, 0.717) is 6.04 Å². The van der Waals surface area contributed by atoms with Crippen LogP contribution in [-0.2, 0) is 12.7 Å². The van der Waals surface area contributed by atoms with Gasteiger partial charge in [0.05, 0.1) is 5.56 Å². The van der Waals surface area contributed by atoms with Gasteiger partial charge in [-0.15, -0.1) is 0 Å². The molecule has 2 rings (SSSR count). The zero-order valence-corrected chi connectivity index (χ0v) is 12.4. The number of likely N-dealkylation sites (N-methyl/N-ethyl adjacent to an activating group) is 1. The van der Waals surface area contributed by atoms with Crippen LogP contribution in [0.1, 0.15) is 37.3 Å². The van der Waals surface area contributed by atoms with Crippen LogP contribution in [0.15, 0.2) is 24.3 Å². The summed E-state index contributed by atoms with van der Waals surface area (Å²) in [6.45, 7) is 5.75. The molecule has 1 aromatic rings. The average molecular weight is 300 g/mol. The predicted octanol–water partition coefficient (Wildman–Crippen LogP) is 3.67. The number of hydrogen-bond acceptors (Lipinski definition) is 2. The maximum atomic E-state index is 12.6. The molecule has 1 aliphatic heterocycles. The van der Waals surface area contributed by atoms with Gasteiger partial charge in [0.1, 0.15) is 0 Å². The van der Waals surface area contributed by atoms with Gasteiger partial charge in [0, 0.05) is 19.1 Å². The molecule has 0 aliphatic carbocycles. The fourth-order valence-corrected chi connectivity index (χ4v) is 2.84. The molecule has 1 heterocycles. The largest absolute Gasteiger partial charge is 0.416 e. The van der Waals surface area contributed by atoms with Gasteiger partial charge in [-0.2, -0.15) is 13.2 Å². The van der Waals surface area contributed by atoms with Crippen LogP contribution >= 0.6 is 0 Å². The predicted molar refractivity (Wildman–Crippen MR) is 78.0 cm³/mol. The van der Waals surface area contributed by atoms with Gasteiger partial charge in [0.15, 0.2) is 0 Å². The average Bonchev–Trinajstić information content (AvgIpc) is 2.46. The maximum absolute atomic E-state index is 12.6. The highest BCUT2D eigenvalue weighted by Gasteiger charge is 2.30. The second-order valence-corrected chi connectivity index (χ2v) is 5.62. The zero-order chi connectivity index (χ0) is 15.3. The van der Waals surface area contributed by atoms with Crippen molar-refractivity contribution in [3.8, 4) is 0 Å². The van der Waals surface area contributed by atoms with Crippen molar-refractivity contribution in [1.29, 1.82) is 0 Å². The van der Waals surface area contributed by atoms with Crippen molar-refractivity contribution in [2.24, 2.45) is 0 Å². The van der Waals surface area contributed by atoms with Crippen LogP contribution in [0.4, 0.5) is 13.2 Å². The van der Waals surface area contributed by atoms with Crippen molar-refractivity contribution in [2.45, 2.75) is 44.9 Å². The fourth-order valence-electron chi connectivity index (χ4n) is 2.84. The number of piperidine rings is 1. The van der Waals surface area contributed by atoms with Crippen LogP contribution in [0.2, 0.25) is 0 Å². The molecule has 1 aromatic carbocycles. The summed E-state index contributed by atoms with van der Waals surface area (Å²) in [6, 6.07) is 6.04. The lowest BCUT2D eigenvalue weighted by Gasteiger charge is -2.36. The lowest BCUT2D eigenvalue weighted by Crippen LogP contribution is -2.44. The molecule has 1 atom stereocenters. The van der Waals surface area contributed by atoms with E-state index in [9.17, 15) is 13.2 Å². The van der Waals surface area contributed by atoms with Crippen molar-refractivity contribution < 1.29 is 13.2 Å². The number of likely N-dealkylation sites (tertiary alicyclic amines) is 1. The van der Waals surface area contributed by atoms with E-state index in [1.165, 1.54) is 25.0 Å². The minimum Gasteiger partial charge on any atom is -0.315 e. The second kappa shape index (κ2) is 7.27. The molecular weight excluding hydrogens is 277 g/mol. The molecule has 5 heteroatoms. The number of alkyl halides is 3. The molecule has 0 amide bonds. The van der Waals surface area contributed by atoms with Gasteiger partial charge in [0.2, 0.25) is 0 Å². The molecule has 118 valence electrons. The van der Waals surface area contributed by atoms with Crippen LogP contribution in [0.3, 0.4) is 0 Å². The third kappa shape index (κ3) is 4.71. The van der Waals surface area contributed by atoms with Crippen LogP contribution in [0.25, 0.3) is 0 Å². The summed E-state index contributed by atoms with van der Waals surface area (Å²) >= 11 is 0. The van der Waals surface area contributed by atoms with Crippen molar-refractivity contribution in [3.05, 3.63) is 35.4 Å². The van der Waals surface area contributed by atoms with Crippen LogP contribution < -0.4 is 5.32 Å². The molecular formula is C16H23F3N2. The van der Waals surface area contributed by atoms with Crippen molar-refractivity contribution in [3.63, 3.8) is 0 Å². The fraction of sp³-hybridized carbons (Fsp3) is 0.625. The minimum absolute atomic E-state index is 0.487. The Labute approximate surface area is 124 Å². The highest BCUT2D eigenvalue weighted by atomic mass is 19.4. The van der Waals surface area contributed by atoms with Gasteiger partial charge in [-0.1, -0.05) is 25.5 Å². The normalized spacial score (nSPS) is 20.7. The summed E-state index contributed by atoms with van der Waals surface area (Å²) < 4.78 is 37.7. The molecule has 1 aliphatic rings. The Kier molecular flexibility index (Phi) is 5.65. The molecule has 0 saturated carbocycles. The van der Waals surface area contributed by atoms with Crippen molar-refractivity contribution >= 4 is 0 Å². The first-order valence-electron chi connectivity index (χ1n) is 7.61. The van der Waals surface area contributed by atoms with E-state index in [0.717, 1.165) is 38.2 Å². The Morgan fingerprint density at radius 2 is 1.90 bits per heavy atom. The number of nitrogens with zero attached hydrogens (tertiary/aromatic N) is 1. The highest BCUT2D eigenvalue weighted by molar-refractivity contribution is 5.24. The Bertz CT molecular complexity index is 428. The summed E-state index contributed by atoms with van der Waals surface area (Å²) in [6.07, 6.45) is -0.687. The van der Waals surface area contributed by atoms with Crippen molar-refractivity contribution in [1.82, 2.24) is 10.2 Å². The molecule has 1 saturated heterocycles. The van der Waals surface area contributed by atoms with Gasteiger partial charge >= 0.3 is 6.18 Å². The van der Waals surface area contributed by atoms with E-state index in [4.69, 9.17) is 0 Å². The van der Waals surface area contributed by atoms with Crippen molar-refractivity contribution in [2.75, 3.05) is 19.6 Å². The molecule has 2 nitrogen and oxygen atoms in total. The molecule has 1 unspecified atom stereocenters. The highest BCUT2D eigenvalue weighted by Crippen LogP contribution is 2.29. The van der Waals surface area contributed by atoms with E-state index >= 15 is 0 Å². The second-order valence-electron chi connectivity index (χ2n) is 5.62. The lowest BCUT2D eigenvalue weighted by atomic mass is 10.0. The number of hydrogen-bond donors (Lipinski definition) is 1. The molecule has 0 bridgehead atoms. The Morgan fingerprint density at radius 1 is 1.19 bits per heavy atom. The molecule has 1 N–H and O–H groups in total. The molecule has 0 radical (unpaired) electrons. The van der Waals surface area contributed by atoms with E-state index in [1.54, 1.807) is 12.1 Å². The van der Waals surface area contributed by atoms with E-state index < -0.39 is 11.7 Å². The summed E-state index contributed by atoms with van der Waals surface area (Å²) in [5.74, 6) is 0. The first kappa shape index (κ1) is 16.3. The summed E-state index contributed by atoms with van der Waals surface area (Å²) in [5.41, 5.74) is 0.375. The van der Waals surface area contributed by atoms with Gasteiger partial charge in [-0.3, -0.25) is 4.90 Å². The van der Waals surface area contributed by atoms with Gasteiger partial charge in [-0.25, -0.2) is 0 Å². The standard InChI is InChI=1S/C16H23F3N2/c1-2-20-11-15-5-3-4-10-21(15)12-13-6-8-14(9-7-13)16(17,18)19/h6-9,15,20H,2-5,10-12H2,1H3. The van der Waals surface area contributed by atoms with Crippen LogP contribution in [0, 0.1) is 0 Å². The smallest absolute Gasteiger partial charge is 0.315 e. The zero-order valence-electron chi connectivity index (χ0n) is 12.4. The Hall–Kier alpha value is -1.07. The van der Waals surface area contributed by atoms with Crippen LogP contribution in [-0.4, -0.2) is 30.6 Å². The number of benzene rings is 1. The lowest BCUT2D eigenvalue weighted by molar-refractivity contribution is -0.137. The van der Waals surface area contributed by atoms with Gasteiger partial charge in [0.25, 0.3) is 0 Å². The number of halogens is 3. The topological polar surface area (TPSA) is 15.3 Å². The molecule has 21 heavy (non-hydrogen) atoms. The Balaban J connectivity index is 1.98. The summed E-state index contributed by atoms with van der Waals surface area (Å²) in [7, 11) is 0. The number of nitrogens with one attached hydrogen (secondary N) is 1. The van der Waals surface area contributed by atoms with E-state index in [1.807, 2.05) is 0 Å². The quantitative estimate of drug-likeness (QED) is 0.892. The molecule has 1 fully saturated rings. The Morgan fingerprint density at radius 3 is 2.52 bits per heavy atom. The summed E-state index contributed by atoms with van der Waals surface area (Å²) in [4.78, 5) is 2.38. The summed E-state index contributed by atoms with van der Waals surface area (Å²) in [5, 5.41) is 3.37. The monoisotopic (exact) mass is 300 g/mol. The first-order chi connectivity index (χ1) is 10.0. The van der Waals surface area contributed by atoms with Crippen LogP contribution in [0.5, 0.6) is 0 Å². The first-order valence-corrected chi connectivity index (χ1v) is 7.61. The maximum Gasteiger partial charge on any atom is 0.416 e.